The van der Waals surface area contributed by atoms with Gasteiger partial charge in [-0.1, -0.05) is 30.3 Å². The molecule has 22 heavy (non-hydrogen) atoms. The molecule has 5 rings (SSSR count). The summed E-state index contributed by atoms with van der Waals surface area (Å²) >= 11 is 0. The van der Waals surface area contributed by atoms with Gasteiger partial charge >= 0.3 is 6.16 Å². The predicted molar refractivity (Wildman–Crippen MR) is 83.9 cm³/mol. The minimum absolute atomic E-state index is 0.230. The van der Waals surface area contributed by atoms with E-state index >= 15 is 0 Å². The van der Waals surface area contributed by atoms with Gasteiger partial charge in [-0.25, -0.2) is 4.79 Å². The third kappa shape index (κ3) is 2.77. The second kappa shape index (κ2) is 5.45. The van der Waals surface area contributed by atoms with Gasteiger partial charge in [-0.3, -0.25) is 0 Å². The van der Waals surface area contributed by atoms with Crippen LogP contribution in [0.4, 0.5) is 4.79 Å². The Labute approximate surface area is 131 Å². The average Bonchev–Trinajstić information content (AvgIpc) is 2.46. The van der Waals surface area contributed by atoms with E-state index in [0.29, 0.717) is 0 Å². The molecule has 0 radical (unpaired) electrons. The first-order valence-electron chi connectivity index (χ1n) is 8.32. The average molecular weight is 298 g/mol. The molecule has 0 N–H and O–H groups in total. The van der Waals surface area contributed by atoms with Gasteiger partial charge in [0.25, 0.3) is 0 Å². The fourth-order valence-electron chi connectivity index (χ4n) is 5.09. The summed E-state index contributed by atoms with van der Waals surface area (Å²) in [5, 5.41) is 0. The minimum atomic E-state index is -0.547. The molecule has 0 atom stereocenters. The van der Waals surface area contributed by atoms with Gasteiger partial charge < -0.3 is 9.47 Å². The summed E-state index contributed by atoms with van der Waals surface area (Å²) in [6, 6.07) is 9.79. The Bertz CT molecular complexity index is 540. The van der Waals surface area contributed by atoms with E-state index in [9.17, 15) is 4.79 Å². The molecule has 4 aliphatic rings. The van der Waals surface area contributed by atoms with Crippen molar-refractivity contribution in [2.45, 2.75) is 44.1 Å². The first-order chi connectivity index (χ1) is 10.7. The lowest BCUT2D eigenvalue weighted by atomic mass is 9.54. The van der Waals surface area contributed by atoms with Crippen molar-refractivity contribution >= 4 is 12.2 Å². The largest absolute Gasteiger partial charge is 0.513 e. The maximum Gasteiger partial charge on any atom is 0.513 e. The van der Waals surface area contributed by atoms with Crippen LogP contribution in [0.5, 0.6) is 0 Å². The number of carbonyl (C=O) groups is 1. The van der Waals surface area contributed by atoms with Crippen LogP contribution in [0.1, 0.15) is 44.1 Å². The fourth-order valence-corrected chi connectivity index (χ4v) is 5.09. The molecule has 4 bridgehead atoms. The Morgan fingerprint density at radius 2 is 1.59 bits per heavy atom. The molecule has 4 fully saturated rings. The lowest BCUT2D eigenvalue weighted by Gasteiger charge is -2.55. The van der Waals surface area contributed by atoms with Gasteiger partial charge in [0.15, 0.2) is 0 Å². The summed E-state index contributed by atoms with van der Waals surface area (Å²) in [6.45, 7) is 0. The SMILES string of the molecule is O=C(OC=Cc1ccccc1)OC12CC3CC(CC(C3)C1)C2. The van der Waals surface area contributed by atoms with Gasteiger partial charge in [0.05, 0.1) is 6.26 Å². The van der Waals surface area contributed by atoms with E-state index in [4.69, 9.17) is 9.47 Å². The molecule has 0 heterocycles. The summed E-state index contributed by atoms with van der Waals surface area (Å²) in [7, 11) is 0. The van der Waals surface area contributed by atoms with E-state index in [-0.39, 0.29) is 5.60 Å². The number of benzene rings is 1. The van der Waals surface area contributed by atoms with Crippen molar-refractivity contribution in [1.82, 2.24) is 0 Å². The van der Waals surface area contributed by atoms with Crippen molar-refractivity contribution in [3.8, 4) is 0 Å². The van der Waals surface area contributed by atoms with Crippen LogP contribution in [0.2, 0.25) is 0 Å². The number of carbonyl (C=O) groups excluding carboxylic acids is 1. The lowest BCUT2D eigenvalue weighted by molar-refractivity contribution is -0.138. The third-order valence-corrected chi connectivity index (χ3v) is 5.51. The van der Waals surface area contributed by atoms with Crippen LogP contribution < -0.4 is 0 Å². The summed E-state index contributed by atoms with van der Waals surface area (Å²) < 4.78 is 10.9. The molecule has 0 aromatic heterocycles. The smallest absolute Gasteiger partial charge is 0.427 e. The number of hydrogen-bond acceptors (Lipinski definition) is 3. The molecule has 0 amide bonds. The van der Waals surface area contributed by atoms with Crippen molar-refractivity contribution in [2.24, 2.45) is 17.8 Å². The minimum Gasteiger partial charge on any atom is -0.427 e. The first-order valence-corrected chi connectivity index (χ1v) is 8.32. The second-order valence-corrected chi connectivity index (χ2v) is 7.28. The monoisotopic (exact) mass is 298 g/mol. The molecule has 4 saturated carbocycles. The van der Waals surface area contributed by atoms with Crippen LogP contribution in [0.3, 0.4) is 0 Å². The van der Waals surface area contributed by atoms with Gasteiger partial charge in [-0.05, 0) is 67.9 Å². The van der Waals surface area contributed by atoms with Gasteiger partial charge in [0, 0.05) is 0 Å². The van der Waals surface area contributed by atoms with Gasteiger partial charge in [-0.15, -0.1) is 0 Å². The van der Waals surface area contributed by atoms with Gasteiger partial charge in [0.1, 0.15) is 5.60 Å². The van der Waals surface area contributed by atoms with Crippen LogP contribution in [-0.4, -0.2) is 11.8 Å². The maximum absolute atomic E-state index is 12.0. The first kappa shape index (κ1) is 13.9. The zero-order valence-electron chi connectivity index (χ0n) is 12.7. The van der Waals surface area contributed by atoms with Crippen molar-refractivity contribution < 1.29 is 14.3 Å². The summed E-state index contributed by atoms with van der Waals surface area (Å²) in [4.78, 5) is 12.0. The number of ether oxygens (including phenoxy) is 2. The zero-order valence-corrected chi connectivity index (χ0v) is 12.7. The predicted octanol–water partition coefficient (Wildman–Crippen LogP) is 4.78. The molecule has 3 heteroatoms. The molecule has 1 aromatic rings. The lowest BCUT2D eigenvalue weighted by Crippen LogP contribution is -2.52. The van der Waals surface area contributed by atoms with Crippen LogP contribution >= 0.6 is 0 Å². The number of rotatable bonds is 3. The van der Waals surface area contributed by atoms with Gasteiger partial charge in [0.2, 0.25) is 0 Å². The Hall–Kier alpha value is -1.77. The molecular weight excluding hydrogens is 276 g/mol. The Morgan fingerprint density at radius 3 is 2.18 bits per heavy atom. The van der Waals surface area contributed by atoms with E-state index in [0.717, 1.165) is 42.6 Å². The number of hydrogen-bond donors (Lipinski definition) is 0. The highest BCUT2D eigenvalue weighted by atomic mass is 16.7. The molecule has 0 spiro atoms. The fraction of sp³-hybridized carbons (Fsp3) is 0.526. The normalized spacial score (nSPS) is 35.7. The van der Waals surface area contributed by atoms with E-state index in [2.05, 4.69) is 0 Å². The second-order valence-electron chi connectivity index (χ2n) is 7.28. The highest BCUT2D eigenvalue weighted by Gasteiger charge is 2.53. The topological polar surface area (TPSA) is 35.5 Å². The maximum atomic E-state index is 12.0. The van der Waals surface area contributed by atoms with E-state index in [1.165, 1.54) is 25.5 Å². The molecule has 1 aromatic carbocycles. The van der Waals surface area contributed by atoms with Crippen molar-refractivity contribution in [3.05, 3.63) is 42.2 Å². The molecule has 0 aliphatic heterocycles. The van der Waals surface area contributed by atoms with E-state index in [1.54, 1.807) is 6.08 Å². The van der Waals surface area contributed by atoms with Crippen LogP contribution in [0.25, 0.3) is 6.08 Å². The van der Waals surface area contributed by atoms with Crippen LogP contribution in [0.15, 0.2) is 36.6 Å². The molecule has 0 saturated heterocycles. The summed E-state index contributed by atoms with van der Waals surface area (Å²) in [5.74, 6) is 2.29. The Kier molecular flexibility index (Phi) is 3.44. The van der Waals surface area contributed by atoms with E-state index in [1.807, 2.05) is 30.3 Å². The molecule has 0 unspecified atom stereocenters. The van der Waals surface area contributed by atoms with Gasteiger partial charge in [-0.2, -0.15) is 0 Å². The molecule has 3 nitrogen and oxygen atoms in total. The summed E-state index contributed by atoms with van der Waals surface area (Å²) in [6.07, 6.45) is 9.79. The van der Waals surface area contributed by atoms with Crippen molar-refractivity contribution in [3.63, 3.8) is 0 Å². The van der Waals surface area contributed by atoms with E-state index < -0.39 is 6.16 Å². The highest BCUT2D eigenvalue weighted by Crippen LogP contribution is 2.57. The standard InChI is InChI=1S/C19H22O3/c20-18(21-7-6-14-4-2-1-3-5-14)22-19-11-15-8-16(12-19)10-17(9-15)13-19/h1-7,15-17H,8-13H2. The third-order valence-electron chi connectivity index (χ3n) is 5.51. The molecule has 116 valence electrons. The van der Waals surface area contributed by atoms with Crippen LogP contribution in [0, 0.1) is 17.8 Å². The molecule has 4 aliphatic carbocycles. The van der Waals surface area contributed by atoms with Crippen LogP contribution in [-0.2, 0) is 9.47 Å². The Balaban J connectivity index is 1.35. The summed E-state index contributed by atoms with van der Waals surface area (Å²) in [5.41, 5.74) is 0.775. The van der Waals surface area contributed by atoms with Crippen molar-refractivity contribution in [1.29, 1.82) is 0 Å². The quantitative estimate of drug-likeness (QED) is 0.595. The Morgan fingerprint density at radius 1 is 1.00 bits per heavy atom. The molecular formula is C19H22O3. The van der Waals surface area contributed by atoms with Crippen molar-refractivity contribution in [2.75, 3.05) is 0 Å². The zero-order chi connectivity index (χ0) is 15.0. The highest BCUT2D eigenvalue weighted by molar-refractivity contribution is 5.63.